The van der Waals surface area contributed by atoms with Crippen molar-refractivity contribution >= 4 is 19.7 Å². The number of rotatable bonds is 6. The second kappa shape index (κ2) is 9.65. The summed E-state index contributed by atoms with van der Waals surface area (Å²) in [7, 11) is -2.06. The molecule has 0 rings (SSSR count). The SMILES string of the molecule is CCC(=O)C(CO[PH](C)=O)NC(C)=O.[Y]. The van der Waals surface area contributed by atoms with Gasteiger partial charge in [-0.15, -0.1) is 0 Å². The minimum Gasteiger partial charge on any atom is -0.344 e. The third-order valence-corrected chi connectivity index (χ3v) is 2.14. The Morgan fingerprint density at radius 1 is 1.47 bits per heavy atom. The number of ketones is 1. The van der Waals surface area contributed by atoms with Crippen molar-refractivity contribution in [3.05, 3.63) is 0 Å². The molecule has 2 atom stereocenters. The maximum atomic E-state index is 11.3. The van der Waals surface area contributed by atoms with Gasteiger partial charge in [0.1, 0.15) is 6.04 Å². The molecule has 2 unspecified atom stereocenters. The van der Waals surface area contributed by atoms with Crippen molar-refractivity contribution in [2.24, 2.45) is 0 Å². The number of hydrogen-bond acceptors (Lipinski definition) is 4. The Balaban J connectivity index is 0. The van der Waals surface area contributed by atoms with Crippen LogP contribution < -0.4 is 5.32 Å². The van der Waals surface area contributed by atoms with Crippen molar-refractivity contribution in [3.8, 4) is 0 Å². The summed E-state index contributed by atoms with van der Waals surface area (Å²) in [5.74, 6) is -0.417. The number of hydrogen-bond donors (Lipinski definition) is 1. The smallest absolute Gasteiger partial charge is 0.217 e. The van der Waals surface area contributed by atoms with Gasteiger partial charge in [-0.25, -0.2) is 0 Å². The number of carbonyl (C=O) groups excluding carboxylic acids is 2. The minimum absolute atomic E-state index is 0. The van der Waals surface area contributed by atoms with E-state index in [0.717, 1.165) is 0 Å². The van der Waals surface area contributed by atoms with Gasteiger partial charge in [-0.2, -0.15) is 0 Å². The summed E-state index contributed by atoms with van der Waals surface area (Å²) in [6.45, 7) is 4.45. The zero-order valence-corrected chi connectivity index (χ0v) is 13.0. The molecule has 85 valence electrons. The molecular weight excluding hydrogens is 294 g/mol. The molecule has 0 aliphatic carbocycles. The van der Waals surface area contributed by atoms with Crippen LogP contribution in [0.1, 0.15) is 20.3 Å². The van der Waals surface area contributed by atoms with Gasteiger partial charge >= 0.3 is 0 Å². The molecule has 1 amide bonds. The minimum atomic E-state index is -2.06. The van der Waals surface area contributed by atoms with E-state index in [2.05, 4.69) is 5.32 Å². The fourth-order valence-electron chi connectivity index (χ4n) is 0.908. The molecule has 0 bridgehead atoms. The number of Topliss-reactive ketones (excluding diaryl/α,β-unsaturated/α-hetero) is 1. The van der Waals surface area contributed by atoms with E-state index < -0.39 is 14.1 Å². The van der Waals surface area contributed by atoms with Crippen LogP contribution in [-0.4, -0.2) is 31.0 Å². The van der Waals surface area contributed by atoms with Crippen LogP contribution >= 0.6 is 8.03 Å². The Labute approximate surface area is 115 Å². The van der Waals surface area contributed by atoms with E-state index in [1.807, 2.05) is 0 Å². The monoisotopic (exact) mass is 310 g/mol. The van der Waals surface area contributed by atoms with Crippen LogP contribution in [0.5, 0.6) is 0 Å². The zero-order valence-electron chi connectivity index (χ0n) is 9.20. The molecule has 7 heteroatoms. The van der Waals surface area contributed by atoms with E-state index in [1.165, 1.54) is 13.6 Å². The third kappa shape index (κ3) is 9.37. The predicted octanol–water partition coefficient (Wildman–Crippen LogP) is 0.589. The van der Waals surface area contributed by atoms with Crippen molar-refractivity contribution in [3.63, 3.8) is 0 Å². The van der Waals surface area contributed by atoms with Gasteiger partial charge in [0.15, 0.2) is 13.8 Å². The molecule has 0 fully saturated rings. The van der Waals surface area contributed by atoms with Crippen molar-refractivity contribution in [2.75, 3.05) is 13.3 Å². The zero-order chi connectivity index (χ0) is 11.1. The molecule has 15 heavy (non-hydrogen) atoms. The predicted molar refractivity (Wildman–Crippen MR) is 53.8 cm³/mol. The Hall–Kier alpha value is 0.434. The summed E-state index contributed by atoms with van der Waals surface area (Å²) in [6, 6.07) is -0.675. The summed E-state index contributed by atoms with van der Waals surface area (Å²) in [5.41, 5.74) is 0. The second-order valence-electron chi connectivity index (χ2n) is 2.88. The van der Waals surface area contributed by atoms with Crippen LogP contribution in [0, 0.1) is 0 Å². The van der Waals surface area contributed by atoms with Gasteiger partial charge in [-0.05, 0) is 0 Å². The standard InChI is InChI=1S/C8H16NO4P.Y/c1-4-8(11)7(9-6(2)10)5-13-14(3)12;/h7,14H,4-5H2,1-3H3,(H,9,10);. The van der Waals surface area contributed by atoms with Crippen LogP contribution in [-0.2, 0) is 51.4 Å². The first kappa shape index (κ1) is 17.8. The fourth-order valence-corrected chi connectivity index (χ4v) is 1.31. The molecule has 1 radical (unpaired) electrons. The number of carbonyl (C=O) groups is 2. The van der Waals surface area contributed by atoms with Crippen LogP contribution in [0.2, 0.25) is 0 Å². The van der Waals surface area contributed by atoms with E-state index >= 15 is 0 Å². The molecule has 0 heterocycles. The average molecular weight is 310 g/mol. The molecule has 0 spiro atoms. The Morgan fingerprint density at radius 2 is 2.00 bits per heavy atom. The van der Waals surface area contributed by atoms with Gasteiger partial charge in [0.25, 0.3) is 0 Å². The number of nitrogens with one attached hydrogen (secondary N) is 1. The van der Waals surface area contributed by atoms with E-state index in [9.17, 15) is 14.2 Å². The van der Waals surface area contributed by atoms with Crippen LogP contribution in [0.4, 0.5) is 0 Å². The fraction of sp³-hybridized carbons (Fsp3) is 0.750. The maximum absolute atomic E-state index is 11.3. The van der Waals surface area contributed by atoms with Gasteiger partial charge in [0, 0.05) is 52.7 Å². The summed E-state index contributed by atoms with van der Waals surface area (Å²) >= 11 is 0. The Morgan fingerprint density at radius 3 is 2.33 bits per heavy atom. The molecule has 0 aliphatic rings. The Bertz CT molecular complexity index is 247. The molecule has 0 saturated carbocycles. The van der Waals surface area contributed by atoms with Gasteiger partial charge in [0.2, 0.25) is 5.91 Å². The first-order valence-electron chi connectivity index (χ1n) is 4.40. The van der Waals surface area contributed by atoms with Gasteiger partial charge < -0.3 is 9.84 Å². The molecule has 0 aromatic rings. The Kier molecular flexibility index (Phi) is 11.5. The van der Waals surface area contributed by atoms with Crippen molar-refractivity contribution < 1.29 is 51.4 Å². The largest absolute Gasteiger partial charge is 0.344 e. The molecule has 5 nitrogen and oxygen atoms in total. The van der Waals surface area contributed by atoms with Crippen LogP contribution in [0.3, 0.4) is 0 Å². The van der Waals surface area contributed by atoms with Crippen LogP contribution in [0.25, 0.3) is 0 Å². The topological polar surface area (TPSA) is 72.5 Å². The average Bonchev–Trinajstić information content (AvgIpc) is 2.10. The summed E-state index contributed by atoms with van der Waals surface area (Å²) in [5, 5.41) is 2.45. The van der Waals surface area contributed by atoms with E-state index in [4.69, 9.17) is 4.52 Å². The normalized spacial score (nSPS) is 13.5. The molecule has 0 aromatic carbocycles. The first-order valence-corrected chi connectivity index (χ1v) is 6.22. The van der Waals surface area contributed by atoms with Gasteiger partial charge in [0.05, 0.1) is 6.61 Å². The maximum Gasteiger partial charge on any atom is 0.217 e. The summed E-state index contributed by atoms with van der Waals surface area (Å²) in [6.07, 6.45) is 0.318. The van der Waals surface area contributed by atoms with Gasteiger partial charge in [-0.3, -0.25) is 14.2 Å². The van der Waals surface area contributed by atoms with Gasteiger partial charge in [-0.1, -0.05) is 6.92 Å². The molecule has 0 saturated heterocycles. The van der Waals surface area contributed by atoms with E-state index in [0.29, 0.717) is 6.42 Å². The van der Waals surface area contributed by atoms with E-state index in [1.54, 1.807) is 6.92 Å². The van der Waals surface area contributed by atoms with Crippen LogP contribution in [0.15, 0.2) is 0 Å². The molecule has 1 N–H and O–H groups in total. The molecule has 0 aromatic heterocycles. The second-order valence-corrected chi connectivity index (χ2v) is 4.15. The number of amides is 1. The molecule has 0 aliphatic heterocycles. The first-order chi connectivity index (χ1) is 6.47. The van der Waals surface area contributed by atoms with E-state index in [-0.39, 0.29) is 51.0 Å². The van der Waals surface area contributed by atoms with Crippen molar-refractivity contribution in [1.29, 1.82) is 0 Å². The van der Waals surface area contributed by atoms with Crippen molar-refractivity contribution in [2.45, 2.75) is 26.3 Å². The third-order valence-electron chi connectivity index (χ3n) is 1.57. The quantitative estimate of drug-likeness (QED) is 0.729. The summed E-state index contributed by atoms with van der Waals surface area (Å²) < 4.78 is 15.5. The van der Waals surface area contributed by atoms with Crippen molar-refractivity contribution in [1.82, 2.24) is 5.32 Å². The summed E-state index contributed by atoms with van der Waals surface area (Å²) in [4.78, 5) is 22.0. The molecular formula is C8H16NO4PY.